The quantitative estimate of drug-likeness (QED) is 0.654. The smallest absolute Gasteiger partial charge is 0.312 e. The summed E-state index contributed by atoms with van der Waals surface area (Å²) in [7, 11) is 0. The Kier molecular flexibility index (Phi) is 5.32. The number of benzene rings is 1. The van der Waals surface area contributed by atoms with Crippen molar-refractivity contribution in [2.75, 3.05) is 5.73 Å². The van der Waals surface area contributed by atoms with Crippen molar-refractivity contribution in [2.45, 2.75) is 64.2 Å². The second kappa shape index (κ2) is 8.03. The molecule has 142 valence electrons. The molecule has 1 aliphatic rings. The molecule has 0 atom stereocenters. The number of fused-ring (bicyclic) bond motifs is 2. The second-order valence-electron chi connectivity index (χ2n) is 7.51. The average molecular weight is 367 g/mol. The van der Waals surface area contributed by atoms with Crippen molar-refractivity contribution in [3.8, 4) is 0 Å². The molecule has 3 N–H and O–H groups in total. The molecule has 0 fully saturated rings. The zero-order valence-electron chi connectivity index (χ0n) is 15.6. The van der Waals surface area contributed by atoms with Gasteiger partial charge in [-0.15, -0.1) is 0 Å². The number of imidazole rings is 1. The molecule has 0 aliphatic heterocycles. The highest BCUT2D eigenvalue weighted by Gasteiger charge is 2.12. The number of aromatic amines is 1. The van der Waals surface area contributed by atoms with E-state index < -0.39 is 6.08 Å². The molecule has 0 radical (unpaired) electrons. The number of rotatable bonds is 2. The van der Waals surface area contributed by atoms with Gasteiger partial charge < -0.3 is 10.7 Å². The van der Waals surface area contributed by atoms with Crippen molar-refractivity contribution in [3.63, 3.8) is 0 Å². The Hall–Kier alpha value is -2.50. The van der Waals surface area contributed by atoms with Crippen LogP contribution in [0.15, 0.2) is 18.2 Å². The molecule has 2 aromatic heterocycles. The van der Waals surface area contributed by atoms with Crippen molar-refractivity contribution < 1.29 is 4.39 Å². The summed E-state index contributed by atoms with van der Waals surface area (Å²) in [5.74, 6) is 0.825. The summed E-state index contributed by atoms with van der Waals surface area (Å²) in [6.07, 6.45) is 11.4. The van der Waals surface area contributed by atoms with Crippen molar-refractivity contribution in [3.05, 3.63) is 46.8 Å². The van der Waals surface area contributed by atoms with Crippen LogP contribution in [-0.4, -0.2) is 19.9 Å². The summed E-state index contributed by atoms with van der Waals surface area (Å²) >= 11 is 0. The Morgan fingerprint density at radius 3 is 2.37 bits per heavy atom. The summed E-state index contributed by atoms with van der Waals surface area (Å²) in [5, 5.41) is 0. The van der Waals surface area contributed by atoms with Gasteiger partial charge in [-0.05, 0) is 42.4 Å². The minimum absolute atomic E-state index is 0.0952. The lowest BCUT2D eigenvalue weighted by Gasteiger charge is -2.11. The third kappa shape index (κ3) is 4.26. The third-order valence-corrected chi connectivity index (χ3v) is 5.44. The molecule has 4 rings (SSSR count). The van der Waals surface area contributed by atoms with Crippen LogP contribution in [0.2, 0.25) is 0 Å². The minimum atomic E-state index is -0.845. The van der Waals surface area contributed by atoms with E-state index in [1.54, 1.807) is 0 Å². The Labute approximate surface area is 158 Å². The summed E-state index contributed by atoms with van der Waals surface area (Å²) in [6.45, 7) is 0. The van der Waals surface area contributed by atoms with Gasteiger partial charge in [0.1, 0.15) is 11.3 Å². The predicted molar refractivity (Wildman–Crippen MR) is 105 cm³/mol. The molecule has 0 saturated heterocycles. The Morgan fingerprint density at radius 1 is 0.889 bits per heavy atom. The van der Waals surface area contributed by atoms with E-state index >= 15 is 0 Å². The lowest BCUT2D eigenvalue weighted by Crippen LogP contribution is -1.99. The standard InChI is InChI=1S/C21H26FN5/c22-21-26-19(23)18-20(27-21)25-17(24-18)13-14-10-11-15-8-6-4-2-1-3-5-7-9-16(15)12-14/h10-12H,1-9,13H2,(H3,23,24,25,26,27). The molecule has 0 spiro atoms. The number of hydrogen-bond acceptors (Lipinski definition) is 4. The van der Waals surface area contributed by atoms with Crippen LogP contribution in [-0.2, 0) is 19.3 Å². The SMILES string of the molecule is Nc1nc(F)nc2nc(Cc3ccc4c(c3)CCCCCCCCC4)[nH]c12. The van der Waals surface area contributed by atoms with Gasteiger partial charge in [-0.1, -0.05) is 50.3 Å². The average Bonchev–Trinajstić information content (AvgIpc) is 3.01. The van der Waals surface area contributed by atoms with E-state index in [2.05, 4.69) is 38.1 Å². The van der Waals surface area contributed by atoms with Gasteiger partial charge in [0.25, 0.3) is 0 Å². The van der Waals surface area contributed by atoms with Crippen LogP contribution >= 0.6 is 0 Å². The van der Waals surface area contributed by atoms with Gasteiger partial charge in [0.05, 0.1) is 0 Å². The molecule has 0 bridgehead atoms. The van der Waals surface area contributed by atoms with Crippen LogP contribution in [0.1, 0.15) is 67.5 Å². The molecule has 5 nitrogen and oxygen atoms in total. The first-order valence-electron chi connectivity index (χ1n) is 9.97. The molecule has 1 aliphatic carbocycles. The number of aromatic nitrogens is 4. The van der Waals surface area contributed by atoms with E-state index in [-0.39, 0.29) is 11.5 Å². The lowest BCUT2D eigenvalue weighted by atomic mass is 9.95. The monoisotopic (exact) mass is 367 g/mol. The van der Waals surface area contributed by atoms with E-state index in [0.29, 0.717) is 11.9 Å². The van der Waals surface area contributed by atoms with E-state index in [0.717, 1.165) is 12.2 Å². The topological polar surface area (TPSA) is 80.5 Å². The Morgan fingerprint density at radius 2 is 1.59 bits per heavy atom. The van der Waals surface area contributed by atoms with Gasteiger partial charge in [0, 0.05) is 6.42 Å². The highest BCUT2D eigenvalue weighted by atomic mass is 19.1. The zero-order valence-corrected chi connectivity index (χ0v) is 15.6. The summed E-state index contributed by atoms with van der Waals surface area (Å²) in [6, 6.07) is 6.77. The van der Waals surface area contributed by atoms with Gasteiger partial charge in [-0.3, -0.25) is 0 Å². The number of nitrogens with one attached hydrogen (secondary N) is 1. The van der Waals surface area contributed by atoms with Crippen molar-refractivity contribution in [1.29, 1.82) is 0 Å². The number of halogens is 1. The van der Waals surface area contributed by atoms with E-state index in [4.69, 9.17) is 5.73 Å². The highest BCUT2D eigenvalue weighted by molar-refractivity contribution is 5.81. The number of nitrogen functional groups attached to an aromatic ring is 1. The van der Waals surface area contributed by atoms with Gasteiger partial charge >= 0.3 is 6.08 Å². The number of nitrogens with two attached hydrogens (primary N) is 1. The first-order valence-corrected chi connectivity index (χ1v) is 9.97. The number of anilines is 1. The summed E-state index contributed by atoms with van der Waals surface area (Å²) in [4.78, 5) is 14.8. The maximum Gasteiger partial charge on any atom is 0.312 e. The predicted octanol–water partition coefficient (Wildman–Crippen LogP) is 4.49. The van der Waals surface area contributed by atoms with Crippen molar-refractivity contribution in [1.82, 2.24) is 19.9 Å². The first kappa shape index (κ1) is 17.9. The number of H-pyrrole nitrogens is 1. The fourth-order valence-corrected chi connectivity index (χ4v) is 4.00. The van der Waals surface area contributed by atoms with E-state index in [1.165, 1.54) is 68.1 Å². The maximum atomic E-state index is 13.3. The molecule has 0 unspecified atom stereocenters. The van der Waals surface area contributed by atoms with Crippen LogP contribution in [0.4, 0.5) is 10.2 Å². The molecule has 27 heavy (non-hydrogen) atoms. The van der Waals surface area contributed by atoms with Crippen molar-refractivity contribution in [2.24, 2.45) is 0 Å². The zero-order chi connectivity index (χ0) is 18.6. The van der Waals surface area contributed by atoms with Crippen LogP contribution in [0.3, 0.4) is 0 Å². The third-order valence-electron chi connectivity index (χ3n) is 5.44. The fraction of sp³-hybridized carbons (Fsp3) is 0.476. The summed E-state index contributed by atoms with van der Waals surface area (Å²) < 4.78 is 13.3. The molecule has 0 amide bonds. The van der Waals surface area contributed by atoms with Gasteiger partial charge in [-0.2, -0.15) is 14.4 Å². The van der Waals surface area contributed by atoms with E-state index in [9.17, 15) is 4.39 Å². The number of nitrogens with zero attached hydrogens (tertiary/aromatic N) is 3. The highest BCUT2D eigenvalue weighted by Crippen LogP contribution is 2.22. The van der Waals surface area contributed by atoms with Gasteiger partial charge in [0.2, 0.25) is 0 Å². The van der Waals surface area contributed by atoms with Crippen LogP contribution < -0.4 is 5.73 Å². The van der Waals surface area contributed by atoms with E-state index in [1.807, 2.05) is 0 Å². The number of aryl methyl sites for hydroxylation is 2. The van der Waals surface area contributed by atoms with Gasteiger partial charge in [-0.25, -0.2) is 4.98 Å². The lowest BCUT2D eigenvalue weighted by molar-refractivity contribution is 0.545. The largest absolute Gasteiger partial charge is 0.382 e. The first-order chi connectivity index (χ1) is 13.2. The Balaban J connectivity index is 1.57. The molecule has 6 heteroatoms. The maximum absolute atomic E-state index is 13.3. The minimum Gasteiger partial charge on any atom is -0.382 e. The Bertz CT molecular complexity index is 934. The van der Waals surface area contributed by atoms with Crippen LogP contribution in [0.25, 0.3) is 11.2 Å². The molecule has 3 aromatic rings. The molecule has 0 saturated carbocycles. The fourth-order valence-electron chi connectivity index (χ4n) is 4.00. The summed E-state index contributed by atoms with van der Waals surface area (Å²) in [5.41, 5.74) is 10.7. The van der Waals surface area contributed by atoms with Crippen LogP contribution in [0, 0.1) is 6.08 Å². The molecular weight excluding hydrogens is 341 g/mol. The second-order valence-corrected chi connectivity index (χ2v) is 7.51. The number of hydrogen-bond donors (Lipinski definition) is 2. The normalized spacial score (nSPS) is 16.0. The van der Waals surface area contributed by atoms with Gasteiger partial charge in [0.15, 0.2) is 11.5 Å². The molecule has 1 aromatic carbocycles. The van der Waals surface area contributed by atoms with Crippen molar-refractivity contribution >= 4 is 17.0 Å². The molecular formula is C21H26FN5. The van der Waals surface area contributed by atoms with Crippen LogP contribution in [0.5, 0.6) is 0 Å². The molecule has 2 heterocycles.